The van der Waals surface area contributed by atoms with Crippen LogP contribution in [0.25, 0.3) is 0 Å². The van der Waals surface area contributed by atoms with Crippen molar-refractivity contribution >= 4 is 31.6 Å². The minimum atomic E-state index is -3.71. The van der Waals surface area contributed by atoms with Crippen molar-refractivity contribution in [1.82, 2.24) is 4.98 Å². The normalized spacial score (nSPS) is 11.2. The van der Waals surface area contributed by atoms with Gasteiger partial charge >= 0.3 is 0 Å². The summed E-state index contributed by atoms with van der Waals surface area (Å²) in [4.78, 5) is 3.81. The second-order valence-electron chi connectivity index (χ2n) is 3.45. The average Bonchev–Trinajstić information content (AvgIpc) is 2.32. The van der Waals surface area contributed by atoms with Crippen molar-refractivity contribution in [3.63, 3.8) is 0 Å². The van der Waals surface area contributed by atoms with Crippen LogP contribution in [0.5, 0.6) is 0 Å². The summed E-state index contributed by atoms with van der Waals surface area (Å²) in [7, 11) is -3.71. The van der Waals surface area contributed by atoms with Crippen molar-refractivity contribution in [2.45, 2.75) is 4.90 Å². The fraction of sp³-hybridized carbons (Fsp3) is 0. The number of sulfonamides is 1. The molecule has 0 spiro atoms. The lowest BCUT2D eigenvalue weighted by Crippen LogP contribution is -2.13. The van der Waals surface area contributed by atoms with Gasteiger partial charge in [0.15, 0.2) is 0 Å². The van der Waals surface area contributed by atoms with E-state index in [4.69, 9.17) is 0 Å². The first-order valence-corrected chi connectivity index (χ1v) is 7.14. The van der Waals surface area contributed by atoms with Gasteiger partial charge in [0.1, 0.15) is 10.7 Å². The van der Waals surface area contributed by atoms with Crippen LogP contribution in [0.1, 0.15) is 0 Å². The van der Waals surface area contributed by atoms with Gasteiger partial charge in [-0.05, 0) is 46.3 Å². The Balaban J connectivity index is 2.30. The molecule has 0 atom stereocenters. The average molecular weight is 331 g/mol. The summed E-state index contributed by atoms with van der Waals surface area (Å²) in [6.07, 6.45) is 2.72. The van der Waals surface area contributed by atoms with Crippen LogP contribution in [0, 0.1) is 5.82 Å². The number of pyridine rings is 1. The Bertz CT molecular complexity index is 659. The highest BCUT2D eigenvalue weighted by atomic mass is 79.9. The summed E-state index contributed by atoms with van der Waals surface area (Å²) >= 11 is 3.15. The van der Waals surface area contributed by atoms with E-state index in [9.17, 15) is 12.8 Å². The number of hydrogen-bond donors (Lipinski definition) is 1. The van der Waals surface area contributed by atoms with Gasteiger partial charge in [0.05, 0.1) is 0 Å². The molecule has 0 aliphatic heterocycles. The van der Waals surface area contributed by atoms with E-state index in [2.05, 4.69) is 25.6 Å². The zero-order chi connectivity index (χ0) is 13.2. The highest BCUT2D eigenvalue weighted by Crippen LogP contribution is 2.18. The molecule has 0 saturated carbocycles. The van der Waals surface area contributed by atoms with Gasteiger partial charge in [-0.1, -0.05) is 0 Å². The summed E-state index contributed by atoms with van der Waals surface area (Å²) in [5, 5.41) is 0. The first-order valence-electron chi connectivity index (χ1n) is 4.86. The van der Waals surface area contributed by atoms with Crippen LogP contribution in [0.3, 0.4) is 0 Å². The van der Waals surface area contributed by atoms with E-state index in [1.54, 1.807) is 0 Å². The van der Waals surface area contributed by atoms with E-state index in [0.717, 1.165) is 0 Å². The molecule has 0 fully saturated rings. The third-order valence-electron chi connectivity index (χ3n) is 2.09. The Morgan fingerprint density at radius 1 is 1.17 bits per heavy atom. The highest BCUT2D eigenvalue weighted by molar-refractivity contribution is 9.10. The van der Waals surface area contributed by atoms with Gasteiger partial charge in [0.2, 0.25) is 0 Å². The highest BCUT2D eigenvalue weighted by Gasteiger charge is 2.14. The molecule has 1 heterocycles. The van der Waals surface area contributed by atoms with E-state index in [1.807, 2.05) is 0 Å². The molecule has 4 nitrogen and oxygen atoms in total. The predicted molar refractivity (Wildman–Crippen MR) is 69.1 cm³/mol. The van der Waals surface area contributed by atoms with Gasteiger partial charge in [-0.3, -0.25) is 9.71 Å². The van der Waals surface area contributed by atoms with Crippen molar-refractivity contribution < 1.29 is 12.8 Å². The van der Waals surface area contributed by atoms with E-state index in [-0.39, 0.29) is 10.6 Å². The quantitative estimate of drug-likeness (QED) is 0.941. The van der Waals surface area contributed by atoms with Gasteiger partial charge in [0, 0.05) is 22.6 Å². The molecule has 0 bridgehead atoms. The third-order valence-corrected chi connectivity index (χ3v) is 3.87. The van der Waals surface area contributed by atoms with Gasteiger partial charge in [-0.25, -0.2) is 12.8 Å². The van der Waals surface area contributed by atoms with E-state index >= 15 is 0 Å². The van der Waals surface area contributed by atoms with Crippen molar-refractivity contribution in [3.05, 3.63) is 53.0 Å². The first-order chi connectivity index (χ1) is 8.47. The molecule has 1 aromatic carbocycles. The number of benzene rings is 1. The van der Waals surface area contributed by atoms with Gasteiger partial charge in [0.25, 0.3) is 10.0 Å². The number of hydrogen-bond acceptors (Lipinski definition) is 3. The maximum absolute atomic E-state index is 12.7. The lowest BCUT2D eigenvalue weighted by Gasteiger charge is -2.07. The van der Waals surface area contributed by atoms with Crippen LogP contribution in [0.4, 0.5) is 10.1 Å². The lowest BCUT2D eigenvalue weighted by atomic mass is 10.3. The van der Waals surface area contributed by atoms with E-state index in [0.29, 0.717) is 4.47 Å². The summed E-state index contributed by atoms with van der Waals surface area (Å²) in [6, 6.07) is 6.48. The molecule has 0 saturated heterocycles. The molecule has 94 valence electrons. The second kappa shape index (κ2) is 5.03. The SMILES string of the molecule is O=S(=O)(Nc1ccc(F)cc1)c1cncc(Br)c1. The van der Waals surface area contributed by atoms with Crippen LogP contribution < -0.4 is 4.72 Å². The van der Waals surface area contributed by atoms with Crippen LogP contribution >= 0.6 is 15.9 Å². The number of nitrogens with zero attached hydrogens (tertiary/aromatic N) is 1. The standard InChI is InChI=1S/C11H8BrFN2O2S/c12-8-5-11(7-14-6-8)18(16,17)15-10-3-1-9(13)2-4-10/h1-7,15H. The Hall–Kier alpha value is -1.47. The monoisotopic (exact) mass is 330 g/mol. The maximum atomic E-state index is 12.7. The molecule has 2 aromatic rings. The van der Waals surface area contributed by atoms with Crippen LogP contribution in [0.2, 0.25) is 0 Å². The minimum absolute atomic E-state index is 0.0289. The van der Waals surface area contributed by atoms with Crippen LogP contribution in [-0.2, 0) is 10.0 Å². The molecule has 18 heavy (non-hydrogen) atoms. The van der Waals surface area contributed by atoms with Crippen molar-refractivity contribution in [1.29, 1.82) is 0 Å². The second-order valence-corrected chi connectivity index (χ2v) is 6.05. The Morgan fingerprint density at radius 2 is 1.83 bits per heavy atom. The number of nitrogens with one attached hydrogen (secondary N) is 1. The van der Waals surface area contributed by atoms with Crippen LogP contribution in [0.15, 0.2) is 52.1 Å². The molecule has 0 aliphatic rings. The number of halogens is 2. The van der Waals surface area contributed by atoms with Crippen LogP contribution in [-0.4, -0.2) is 13.4 Å². The van der Waals surface area contributed by atoms with Gasteiger partial charge in [-0.2, -0.15) is 0 Å². The lowest BCUT2D eigenvalue weighted by molar-refractivity contribution is 0.600. The molecular formula is C11H8BrFN2O2S. The fourth-order valence-electron chi connectivity index (χ4n) is 1.27. The molecular weight excluding hydrogens is 323 g/mol. The van der Waals surface area contributed by atoms with E-state index in [1.165, 1.54) is 42.7 Å². The molecule has 7 heteroatoms. The maximum Gasteiger partial charge on any atom is 0.263 e. The molecule has 0 unspecified atom stereocenters. The summed E-state index contributed by atoms with van der Waals surface area (Å²) in [6.45, 7) is 0. The molecule has 1 aromatic heterocycles. The zero-order valence-corrected chi connectivity index (χ0v) is 11.4. The molecule has 0 amide bonds. The van der Waals surface area contributed by atoms with Crippen molar-refractivity contribution in [2.75, 3.05) is 4.72 Å². The summed E-state index contributed by atoms with van der Waals surface area (Å²) < 4.78 is 39.5. The topological polar surface area (TPSA) is 59.1 Å². The summed E-state index contributed by atoms with van der Waals surface area (Å²) in [5.41, 5.74) is 0.288. The number of rotatable bonds is 3. The Morgan fingerprint density at radius 3 is 2.44 bits per heavy atom. The van der Waals surface area contributed by atoms with Crippen molar-refractivity contribution in [3.8, 4) is 0 Å². The smallest absolute Gasteiger partial charge is 0.263 e. The Labute approximate surface area is 112 Å². The number of anilines is 1. The minimum Gasteiger partial charge on any atom is -0.280 e. The number of aromatic nitrogens is 1. The fourth-order valence-corrected chi connectivity index (χ4v) is 2.83. The largest absolute Gasteiger partial charge is 0.280 e. The first kappa shape index (κ1) is 13.0. The van der Waals surface area contributed by atoms with E-state index < -0.39 is 15.8 Å². The third kappa shape index (κ3) is 3.05. The Kier molecular flexibility index (Phi) is 3.63. The van der Waals surface area contributed by atoms with Gasteiger partial charge in [-0.15, -0.1) is 0 Å². The molecule has 1 N–H and O–H groups in total. The summed E-state index contributed by atoms with van der Waals surface area (Å²) in [5.74, 6) is -0.429. The molecule has 0 radical (unpaired) electrons. The molecule has 0 aliphatic carbocycles. The van der Waals surface area contributed by atoms with Crippen molar-refractivity contribution in [2.24, 2.45) is 0 Å². The van der Waals surface area contributed by atoms with Gasteiger partial charge < -0.3 is 0 Å². The predicted octanol–water partition coefficient (Wildman–Crippen LogP) is 2.78. The zero-order valence-electron chi connectivity index (χ0n) is 8.97. The molecule has 2 rings (SSSR count).